The number of hydrogen-bond donors (Lipinski definition) is 1. The Hall–Kier alpha value is -3.55. The number of amides is 1. The first-order valence-corrected chi connectivity index (χ1v) is 9.63. The zero-order chi connectivity index (χ0) is 22.4. The normalized spacial score (nSPS) is 11.2. The molecule has 0 fully saturated rings. The van der Waals surface area contributed by atoms with Gasteiger partial charge >= 0.3 is 12.1 Å². The Morgan fingerprint density at radius 3 is 2.48 bits per heavy atom. The van der Waals surface area contributed by atoms with Crippen molar-refractivity contribution in [3.05, 3.63) is 66.9 Å². The number of ether oxygens (including phenoxy) is 2. The van der Waals surface area contributed by atoms with E-state index in [9.17, 15) is 18.0 Å². The third-order valence-electron chi connectivity index (χ3n) is 4.26. The van der Waals surface area contributed by atoms with E-state index in [-0.39, 0.29) is 5.69 Å². The van der Waals surface area contributed by atoms with Crippen LogP contribution in [0.3, 0.4) is 0 Å². The van der Waals surface area contributed by atoms with Gasteiger partial charge in [-0.15, -0.1) is 0 Å². The molecule has 5 nitrogen and oxygen atoms in total. The maximum Gasteiger partial charge on any atom is 0.471 e. The number of alkyl halides is 3. The Labute approximate surface area is 177 Å². The zero-order valence-corrected chi connectivity index (χ0v) is 16.8. The van der Waals surface area contributed by atoms with Crippen LogP contribution in [0.15, 0.2) is 61.2 Å². The number of benzene rings is 2. The molecule has 0 spiro atoms. The summed E-state index contributed by atoms with van der Waals surface area (Å²) in [5.41, 5.74) is 1.71. The molecule has 8 heteroatoms. The average Bonchev–Trinajstić information content (AvgIpc) is 2.73. The van der Waals surface area contributed by atoms with Gasteiger partial charge in [0, 0.05) is 22.8 Å². The van der Waals surface area contributed by atoms with E-state index in [4.69, 9.17) is 9.47 Å². The average molecular weight is 430 g/mol. The molecule has 0 bridgehead atoms. The van der Waals surface area contributed by atoms with Gasteiger partial charge in [0.15, 0.2) is 0 Å². The number of fused-ring (bicyclic) bond motifs is 1. The molecule has 1 aromatic heterocycles. The number of rotatable bonds is 8. The monoisotopic (exact) mass is 430 g/mol. The standard InChI is InChI=1S/C23H21F3N2O3/c1-3-5-16-13-21(30-12-4-2)19-14-18(10-11-20(19)27-16)31-17-8-6-15(7-9-17)28-22(29)23(24,25)26/h4,6-11,13-14H,2-3,5,12H2,1H3,(H,28,29). The van der Waals surface area contributed by atoms with E-state index in [1.807, 2.05) is 12.1 Å². The molecule has 0 saturated heterocycles. The van der Waals surface area contributed by atoms with Crippen molar-refractivity contribution in [2.75, 3.05) is 11.9 Å². The molecule has 3 rings (SSSR count). The van der Waals surface area contributed by atoms with E-state index in [0.717, 1.165) is 29.4 Å². The fourth-order valence-corrected chi connectivity index (χ4v) is 2.89. The summed E-state index contributed by atoms with van der Waals surface area (Å²) in [6.07, 6.45) is -1.50. The number of hydrogen-bond acceptors (Lipinski definition) is 4. The van der Waals surface area contributed by atoms with Gasteiger partial charge in [-0.05, 0) is 48.9 Å². The van der Waals surface area contributed by atoms with Crippen LogP contribution in [0.5, 0.6) is 17.2 Å². The number of carbonyl (C=O) groups excluding carboxylic acids is 1. The highest BCUT2D eigenvalue weighted by atomic mass is 19.4. The molecule has 3 aromatic rings. The van der Waals surface area contributed by atoms with Gasteiger partial charge in [-0.3, -0.25) is 9.78 Å². The van der Waals surface area contributed by atoms with Gasteiger partial charge in [0.05, 0.1) is 5.52 Å². The first-order valence-electron chi connectivity index (χ1n) is 9.63. The van der Waals surface area contributed by atoms with Crippen molar-refractivity contribution in [1.29, 1.82) is 0 Å². The Morgan fingerprint density at radius 2 is 1.84 bits per heavy atom. The summed E-state index contributed by atoms with van der Waals surface area (Å²) in [6, 6.07) is 12.9. The van der Waals surface area contributed by atoms with E-state index in [1.165, 1.54) is 24.3 Å². The number of anilines is 1. The lowest BCUT2D eigenvalue weighted by molar-refractivity contribution is -0.167. The van der Waals surface area contributed by atoms with Crippen LogP contribution in [0.25, 0.3) is 10.9 Å². The van der Waals surface area contributed by atoms with Crippen molar-refractivity contribution in [3.8, 4) is 17.2 Å². The van der Waals surface area contributed by atoms with E-state index >= 15 is 0 Å². The maximum absolute atomic E-state index is 12.3. The Bertz CT molecular complexity index is 1080. The molecule has 0 saturated carbocycles. The summed E-state index contributed by atoms with van der Waals surface area (Å²) >= 11 is 0. The summed E-state index contributed by atoms with van der Waals surface area (Å²) in [5.74, 6) is -0.455. The van der Waals surface area contributed by atoms with Crippen LogP contribution < -0.4 is 14.8 Å². The molecule has 1 amide bonds. The minimum absolute atomic E-state index is 0.0148. The number of aryl methyl sites for hydroxylation is 1. The van der Waals surface area contributed by atoms with Crippen molar-refractivity contribution in [2.24, 2.45) is 0 Å². The van der Waals surface area contributed by atoms with E-state index in [2.05, 4.69) is 18.5 Å². The smallest absolute Gasteiger partial charge is 0.471 e. The molecule has 2 aromatic carbocycles. The van der Waals surface area contributed by atoms with Crippen LogP contribution in [0.1, 0.15) is 19.0 Å². The van der Waals surface area contributed by atoms with Crippen molar-refractivity contribution in [3.63, 3.8) is 0 Å². The SMILES string of the molecule is C=CCOc1cc(CCC)nc2ccc(Oc3ccc(NC(=O)C(F)(F)F)cc3)cc12. The first-order chi connectivity index (χ1) is 14.8. The van der Waals surface area contributed by atoms with Gasteiger partial charge in [-0.25, -0.2) is 0 Å². The quantitative estimate of drug-likeness (QED) is 0.442. The summed E-state index contributed by atoms with van der Waals surface area (Å²) in [7, 11) is 0. The highest BCUT2D eigenvalue weighted by molar-refractivity contribution is 5.94. The van der Waals surface area contributed by atoms with Crippen LogP contribution in [-0.4, -0.2) is 23.7 Å². The molecule has 0 radical (unpaired) electrons. The number of nitrogens with zero attached hydrogens (tertiary/aromatic N) is 1. The minimum atomic E-state index is -4.95. The lowest BCUT2D eigenvalue weighted by atomic mass is 10.1. The van der Waals surface area contributed by atoms with Gasteiger partial charge in [-0.1, -0.05) is 26.0 Å². The molecule has 0 aliphatic carbocycles. The summed E-state index contributed by atoms with van der Waals surface area (Å²) in [5, 5.41) is 2.56. The lowest BCUT2D eigenvalue weighted by Gasteiger charge is -2.12. The molecule has 1 N–H and O–H groups in total. The van der Waals surface area contributed by atoms with Gasteiger partial charge in [-0.2, -0.15) is 13.2 Å². The van der Waals surface area contributed by atoms with Crippen LogP contribution in [-0.2, 0) is 11.2 Å². The van der Waals surface area contributed by atoms with Gasteiger partial charge < -0.3 is 14.8 Å². The van der Waals surface area contributed by atoms with Crippen molar-refractivity contribution < 1.29 is 27.4 Å². The van der Waals surface area contributed by atoms with E-state index in [1.54, 1.807) is 23.5 Å². The van der Waals surface area contributed by atoms with E-state index in [0.29, 0.717) is 23.9 Å². The summed E-state index contributed by atoms with van der Waals surface area (Å²) in [4.78, 5) is 15.7. The number of halogens is 3. The second kappa shape index (κ2) is 9.51. The van der Waals surface area contributed by atoms with Gasteiger partial charge in [0.25, 0.3) is 0 Å². The summed E-state index contributed by atoms with van der Waals surface area (Å²) < 4.78 is 48.7. The Balaban J connectivity index is 1.82. The highest BCUT2D eigenvalue weighted by Gasteiger charge is 2.38. The zero-order valence-electron chi connectivity index (χ0n) is 16.8. The minimum Gasteiger partial charge on any atom is -0.489 e. The van der Waals surface area contributed by atoms with Crippen LogP contribution >= 0.6 is 0 Å². The number of pyridine rings is 1. The van der Waals surface area contributed by atoms with Crippen LogP contribution in [0, 0.1) is 0 Å². The number of carbonyl (C=O) groups is 1. The molecular weight excluding hydrogens is 409 g/mol. The second-order valence-corrected chi connectivity index (χ2v) is 6.72. The van der Waals surface area contributed by atoms with Crippen LogP contribution in [0.4, 0.5) is 18.9 Å². The second-order valence-electron chi connectivity index (χ2n) is 6.72. The number of nitrogens with one attached hydrogen (secondary N) is 1. The molecule has 1 heterocycles. The molecule has 0 aliphatic rings. The third kappa shape index (κ3) is 5.75. The molecular formula is C23H21F3N2O3. The maximum atomic E-state index is 12.3. The van der Waals surface area contributed by atoms with Crippen molar-refractivity contribution in [1.82, 2.24) is 4.98 Å². The summed E-state index contributed by atoms with van der Waals surface area (Å²) in [6.45, 7) is 6.10. The Morgan fingerprint density at radius 1 is 1.13 bits per heavy atom. The lowest BCUT2D eigenvalue weighted by Crippen LogP contribution is -2.29. The predicted octanol–water partition coefficient (Wildman–Crippen LogP) is 6.05. The predicted molar refractivity (Wildman–Crippen MR) is 113 cm³/mol. The largest absolute Gasteiger partial charge is 0.489 e. The molecule has 0 aliphatic heterocycles. The first kappa shape index (κ1) is 22.1. The molecule has 0 unspecified atom stereocenters. The Kier molecular flexibility index (Phi) is 6.79. The van der Waals surface area contributed by atoms with Gasteiger partial charge in [0.1, 0.15) is 23.9 Å². The van der Waals surface area contributed by atoms with Crippen molar-refractivity contribution in [2.45, 2.75) is 25.9 Å². The topological polar surface area (TPSA) is 60.5 Å². The van der Waals surface area contributed by atoms with Gasteiger partial charge in [0.2, 0.25) is 0 Å². The fraction of sp³-hybridized carbons (Fsp3) is 0.217. The van der Waals surface area contributed by atoms with Crippen LogP contribution in [0.2, 0.25) is 0 Å². The third-order valence-corrected chi connectivity index (χ3v) is 4.26. The molecule has 162 valence electrons. The molecule has 31 heavy (non-hydrogen) atoms. The molecule has 0 atom stereocenters. The number of aromatic nitrogens is 1. The van der Waals surface area contributed by atoms with Crippen molar-refractivity contribution >= 4 is 22.5 Å². The highest BCUT2D eigenvalue weighted by Crippen LogP contribution is 2.32. The fourth-order valence-electron chi connectivity index (χ4n) is 2.89. The van der Waals surface area contributed by atoms with E-state index < -0.39 is 12.1 Å².